The molecule has 184 valence electrons. The quantitative estimate of drug-likeness (QED) is 0.664. The molecular weight excluding hydrogens is 424 g/mol. The molecule has 0 bridgehead atoms. The first-order chi connectivity index (χ1) is 15.6. The van der Waals surface area contributed by atoms with Gasteiger partial charge in [-0.05, 0) is 56.4 Å². The van der Waals surface area contributed by atoms with Crippen LogP contribution in [0.4, 0.5) is 11.4 Å². The van der Waals surface area contributed by atoms with Gasteiger partial charge in [-0.1, -0.05) is 48.5 Å². The molecule has 0 saturated heterocycles. The zero-order valence-corrected chi connectivity index (χ0v) is 22.5. The summed E-state index contributed by atoms with van der Waals surface area (Å²) in [6, 6.07) is 4.46. The highest BCUT2D eigenvalue weighted by atomic mass is 16.3. The van der Waals surface area contributed by atoms with E-state index in [1.807, 2.05) is 4.68 Å². The number of nitrogens with zero attached hydrogens (tertiary/aromatic N) is 6. The van der Waals surface area contributed by atoms with Crippen molar-refractivity contribution < 1.29 is 5.11 Å². The maximum absolute atomic E-state index is 9.72. The number of rotatable bonds is 3. The van der Waals surface area contributed by atoms with Crippen molar-refractivity contribution in [2.24, 2.45) is 15.5 Å². The third kappa shape index (κ3) is 4.08. The summed E-state index contributed by atoms with van der Waals surface area (Å²) in [5.74, 6) is 1.95. The minimum Gasteiger partial charge on any atom is -0.395 e. The molecule has 34 heavy (non-hydrogen) atoms. The Balaban J connectivity index is 1.88. The molecule has 1 atom stereocenters. The highest BCUT2D eigenvalue weighted by Gasteiger charge is 2.39. The lowest BCUT2D eigenvalue weighted by Crippen LogP contribution is -2.49. The van der Waals surface area contributed by atoms with Crippen LogP contribution >= 0.6 is 0 Å². The third-order valence-corrected chi connectivity index (χ3v) is 6.92. The van der Waals surface area contributed by atoms with Crippen LogP contribution in [0.1, 0.15) is 97.4 Å². The second-order valence-corrected chi connectivity index (χ2v) is 12.6. The number of hydrogen-bond acceptors (Lipinski definition) is 6. The lowest BCUT2D eigenvalue weighted by molar-refractivity contribution is 0.277. The summed E-state index contributed by atoms with van der Waals surface area (Å²) in [5, 5.41) is 23.7. The van der Waals surface area contributed by atoms with Crippen LogP contribution in [0.2, 0.25) is 0 Å². The predicted octanol–water partition coefficient (Wildman–Crippen LogP) is 5.35. The third-order valence-electron chi connectivity index (χ3n) is 6.92. The molecule has 1 unspecified atom stereocenters. The van der Waals surface area contributed by atoms with Crippen LogP contribution in [0.25, 0.3) is 0 Å². The Morgan fingerprint density at radius 2 is 1.76 bits per heavy atom. The van der Waals surface area contributed by atoms with Crippen molar-refractivity contribution in [1.29, 1.82) is 0 Å². The van der Waals surface area contributed by atoms with E-state index in [4.69, 9.17) is 10.1 Å². The Morgan fingerprint density at radius 1 is 1.09 bits per heavy atom. The van der Waals surface area contributed by atoms with E-state index in [9.17, 15) is 5.11 Å². The van der Waals surface area contributed by atoms with Gasteiger partial charge in [0.05, 0.1) is 18.0 Å². The van der Waals surface area contributed by atoms with E-state index >= 15 is 0 Å². The second-order valence-electron chi connectivity index (χ2n) is 12.6. The zero-order chi connectivity index (χ0) is 25.2. The standard InChI is InChI=1S/C27H40N6O/c1-16-13-20-18(17(2)15-27(9,10)32(20)11-12-34)14-19(16)28-21-22(25(3,4)5)31-33-23(21)29-30-24(33)26(6,7)8/h13-14,17,34H,11-12,15H2,1-10H3. The largest absolute Gasteiger partial charge is 0.395 e. The van der Waals surface area contributed by atoms with Crippen LogP contribution in [0.3, 0.4) is 0 Å². The van der Waals surface area contributed by atoms with Gasteiger partial charge in [0, 0.05) is 28.6 Å². The van der Waals surface area contributed by atoms with Crippen molar-refractivity contribution in [3.05, 3.63) is 34.9 Å². The molecular formula is C27H40N6O. The van der Waals surface area contributed by atoms with E-state index in [0.717, 1.165) is 34.9 Å². The van der Waals surface area contributed by atoms with Crippen LogP contribution in [-0.2, 0) is 5.41 Å². The van der Waals surface area contributed by atoms with Crippen LogP contribution in [0.15, 0.2) is 22.2 Å². The number of aliphatic hydroxyl groups is 1. The molecule has 7 heteroatoms. The number of aliphatic imine (C=N–C) groups is 1. The van der Waals surface area contributed by atoms with Gasteiger partial charge in [0.2, 0.25) is 5.82 Å². The summed E-state index contributed by atoms with van der Waals surface area (Å²) in [6.45, 7) is 22.5. The van der Waals surface area contributed by atoms with Crippen molar-refractivity contribution in [1.82, 2.24) is 14.9 Å². The molecule has 7 nitrogen and oxygen atoms in total. The highest BCUT2D eigenvalue weighted by molar-refractivity contribution is 6.50. The first-order valence-corrected chi connectivity index (χ1v) is 12.3. The molecule has 2 aromatic rings. The zero-order valence-electron chi connectivity index (χ0n) is 22.5. The summed E-state index contributed by atoms with van der Waals surface area (Å²) >= 11 is 0. The SMILES string of the molecule is Cc1cc2c(cc1N=C1C(C(C)(C)C)=Nn3c1nnc3C(C)(C)C)C(C)CC(C)(C)N2CCO. The normalized spacial score (nSPS) is 21.0. The van der Waals surface area contributed by atoms with Gasteiger partial charge >= 0.3 is 0 Å². The van der Waals surface area contributed by atoms with E-state index in [2.05, 4.69) is 96.5 Å². The van der Waals surface area contributed by atoms with Crippen molar-refractivity contribution in [3.8, 4) is 0 Å². The van der Waals surface area contributed by atoms with Crippen LogP contribution in [0, 0.1) is 12.3 Å². The van der Waals surface area contributed by atoms with Gasteiger partial charge in [-0.2, -0.15) is 9.78 Å². The smallest absolute Gasteiger partial charge is 0.205 e. The molecule has 2 aliphatic rings. The number of fused-ring (bicyclic) bond motifs is 2. The van der Waals surface area contributed by atoms with Gasteiger partial charge in [-0.15, -0.1) is 10.2 Å². The van der Waals surface area contributed by atoms with Crippen molar-refractivity contribution in [2.75, 3.05) is 18.1 Å². The van der Waals surface area contributed by atoms with E-state index in [1.165, 1.54) is 11.3 Å². The number of anilines is 1. The van der Waals surface area contributed by atoms with Gasteiger partial charge in [-0.3, -0.25) is 0 Å². The van der Waals surface area contributed by atoms with Crippen LogP contribution in [0.5, 0.6) is 0 Å². The molecule has 1 N–H and O–H groups in total. The van der Waals surface area contributed by atoms with Crippen molar-refractivity contribution in [3.63, 3.8) is 0 Å². The minimum atomic E-state index is -0.188. The molecule has 3 heterocycles. The molecule has 0 radical (unpaired) electrons. The maximum Gasteiger partial charge on any atom is 0.205 e. The first-order valence-electron chi connectivity index (χ1n) is 12.3. The van der Waals surface area contributed by atoms with Gasteiger partial charge in [0.1, 0.15) is 5.71 Å². The number of aryl methyl sites for hydroxylation is 1. The fourth-order valence-electron chi connectivity index (χ4n) is 5.24. The number of benzene rings is 1. The number of β-amino-alcohol motifs (C(OH)–C–C–N with tert-alkyl or cyclic N) is 1. The minimum absolute atomic E-state index is 0.00765. The molecule has 1 aromatic carbocycles. The Labute approximate surface area is 204 Å². The molecule has 0 aliphatic carbocycles. The predicted molar refractivity (Wildman–Crippen MR) is 140 cm³/mol. The molecule has 0 spiro atoms. The number of aromatic nitrogens is 3. The molecule has 1 aromatic heterocycles. The average Bonchev–Trinajstić information content (AvgIpc) is 3.25. The van der Waals surface area contributed by atoms with Gasteiger partial charge in [0.15, 0.2) is 5.82 Å². The Kier molecular flexibility index (Phi) is 5.79. The lowest BCUT2D eigenvalue weighted by atomic mass is 9.79. The summed E-state index contributed by atoms with van der Waals surface area (Å²) in [7, 11) is 0. The Bertz CT molecular complexity index is 1170. The second kappa shape index (κ2) is 8.01. The van der Waals surface area contributed by atoms with E-state index < -0.39 is 0 Å². The Morgan fingerprint density at radius 3 is 2.35 bits per heavy atom. The first kappa shape index (κ1) is 24.6. The van der Waals surface area contributed by atoms with Crippen molar-refractivity contribution in [2.45, 2.75) is 92.5 Å². The summed E-state index contributed by atoms with van der Waals surface area (Å²) in [6.07, 6.45) is 1.02. The fraction of sp³-hybridized carbons (Fsp3) is 0.630. The van der Waals surface area contributed by atoms with Gasteiger partial charge in [-0.25, -0.2) is 4.99 Å². The topological polar surface area (TPSA) is 78.9 Å². The molecule has 0 saturated carbocycles. The lowest BCUT2D eigenvalue weighted by Gasteiger charge is -2.47. The number of aliphatic hydroxyl groups excluding tert-OH is 1. The summed E-state index contributed by atoms with van der Waals surface area (Å²) in [4.78, 5) is 7.53. The fourth-order valence-corrected chi connectivity index (χ4v) is 5.24. The summed E-state index contributed by atoms with van der Waals surface area (Å²) in [5.41, 5.74) is 5.88. The van der Waals surface area contributed by atoms with Crippen LogP contribution in [-0.4, -0.2) is 50.1 Å². The molecule has 4 rings (SSSR count). The monoisotopic (exact) mass is 464 g/mol. The number of hydrogen-bond donors (Lipinski definition) is 1. The maximum atomic E-state index is 9.72. The Hall–Kier alpha value is -2.54. The average molecular weight is 465 g/mol. The molecule has 0 fully saturated rings. The highest BCUT2D eigenvalue weighted by Crippen LogP contribution is 2.45. The van der Waals surface area contributed by atoms with E-state index in [0.29, 0.717) is 18.3 Å². The van der Waals surface area contributed by atoms with Gasteiger partial charge in [0.25, 0.3) is 0 Å². The van der Waals surface area contributed by atoms with Crippen LogP contribution < -0.4 is 4.90 Å². The van der Waals surface area contributed by atoms with Crippen molar-refractivity contribution >= 4 is 22.8 Å². The molecule has 2 aliphatic heterocycles. The summed E-state index contributed by atoms with van der Waals surface area (Å²) < 4.78 is 1.88. The van der Waals surface area contributed by atoms with E-state index in [-0.39, 0.29) is 23.0 Å². The van der Waals surface area contributed by atoms with Gasteiger partial charge < -0.3 is 10.0 Å². The molecule has 0 amide bonds. The van der Waals surface area contributed by atoms with E-state index in [1.54, 1.807) is 0 Å².